The summed E-state index contributed by atoms with van der Waals surface area (Å²) >= 11 is 0. The van der Waals surface area contributed by atoms with Gasteiger partial charge in [0.1, 0.15) is 5.82 Å². The molecule has 0 saturated carbocycles. The van der Waals surface area contributed by atoms with Crippen LogP contribution in [0.4, 0.5) is 9.59 Å². The van der Waals surface area contributed by atoms with E-state index in [1.165, 1.54) is 14.1 Å². The third kappa shape index (κ3) is 1.04. The fourth-order valence-electron chi connectivity index (χ4n) is 0.647. The molecule has 1 heterocycles. The van der Waals surface area contributed by atoms with Crippen LogP contribution in [0.1, 0.15) is 0 Å². The van der Waals surface area contributed by atoms with Crippen molar-refractivity contribution < 1.29 is 14.3 Å². The van der Waals surface area contributed by atoms with Crippen LogP contribution in [0.3, 0.4) is 0 Å². The fourth-order valence-corrected chi connectivity index (χ4v) is 0.647. The number of ether oxygens (including phenoxy) is 1. The first-order valence-corrected chi connectivity index (χ1v) is 2.96. The summed E-state index contributed by atoms with van der Waals surface area (Å²) in [5.41, 5.74) is 0. The summed E-state index contributed by atoms with van der Waals surface area (Å²) in [6.45, 7) is 3.51. The Balaban J connectivity index is 2.87. The van der Waals surface area contributed by atoms with Crippen LogP contribution in [0.15, 0.2) is 12.4 Å². The van der Waals surface area contributed by atoms with Crippen molar-refractivity contribution in [3.8, 4) is 0 Å². The first kappa shape index (κ1) is 7.59. The maximum absolute atomic E-state index is 10.8. The molecule has 5 nitrogen and oxygen atoms in total. The number of cyclic esters (lactones) is 2. The van der Waals surface area contributed by atoms with Gasteiger partial charge >= 0.3 is 12.2 Å². The summed E-state index contributed by atoms with van der Waals surface area (Å²) < 4.78 is 4.29. The number of carbonyl (C=O) groups excluding carboxylic acids is 2. The van der Waals surface area contributed by atoms with Crippen LogP contribution in [-0.4, -0.2) is 36.1 Å². The highest BCUT2D eigenvalue weighted by Gasteiger charge is 2.30. The largest absolute Gasteiger partial charge is 0.424 e. The average molecular weight is 156 g/mol. The maximum Gasteiger partial charge on any atom is 0.424 e. The summed E-state index contributed by atoms with van der Waals surface area (Å²) in [4.78, 5) is 23.8. The highest BCUT2D eigenvalue weighted by atomic mass is 16.6. The Bertz CT molecular complexity index is 214. The lowest BCUT2D eigenvalue weighted by molar-refractivity contribution is 0.0848. The number of rotatable bonds is 0. The Kier molecular flexibility index (Phi) is 1.56. The van der Waals surface area contributed by atoms with Crippen LogP contribution >= 0.6 is 0 Å². The number of carbonyl (C=O) groups is 2. The van der Waals surface area contributed by atoms with Gasteiger partial charge in [-0.15, -0.1) is 0 Å². The third-order valence-electron chi connectivity index (χ3n) is 1.50. The smallest absolute Gasteiger partial charge is 0.359 e. The van der Waals surface area contributed by atoms with Gasteiger partial charge in [-0.2, -0.15) is 0 Å². The maximum atomic E-state index is 10.8. The van der Waals surface area contributed by atoms with Gasteiger partial charge in [0, 0.05) is 14.1 Å². The molecule has 0 radical (unpaired) electrons. The molecule has 0 aromatic carbocycles. The van der Waals surface area contributed by atoms with Crippen LogP contribution in [0.5, 0.6) is 0 Å². The topological polar surface area (TPSA) is 49.9 Å². The monoisotopic (exact) mass is 156 g/mol. The third-order valence-corrected chi connectivity index (χ3v) is 1.50. The molecule has 1 aliphatic rings. The molecule has 2 amide bonds. The van der Waals surface area contributed by atoms with E-state index in [9.17, 15) is 9.59 Å². The van der Waals surface area contributed by atoms with Crippen molar-refractivity contribution in [2.24, 2.45) is 0 Å². The predicted molar refractivity (Wildman–Crippen MR) is 36.5 cm³/mol. The molecule has 1 saturated heterocycles. The lowest BCUT2D eigenvalue weighted by atomic mass is 10.5. The van der Waals surface area contributed by atoms with Crippen molar-refractivity contribution in [1.82, 2.24) is 9.80 Å². The van der Waals surface area contributed by atoms with E-state index in [2.05, 4.69) is 11.3 Å². The van der Waals surface area contributed by atoms with Gasteiger partial charge in [0.25, 0.3) is 0 Å². The average Bonchev–Trinajstić information content (AvgIpc) is 1.97. The van der Waals surface area contributed by atoms with E-state index in [-0.39, 0.29) is 0 Å². The minimum absolute atomic E-state index is 0.311. The Hall–Kier alpha value is -1.52. The zero-order valence-corrected chi connectivity index (χ0v) is 6.33. The second-order valence-corrected chi connectivity index (χ2v) is 2.17. The highest BCUT2D eigenvalue weighted by molar-refractivity contribution is 5.88. The molecule has 0 aliphatic carbocycles. The van der Waals surface area contributed by atoms with Crippen molar-refractivity contribution in [3.63, 3.8) is 0 Å². The standard InChI is InChI=1S/C6H8N2O3/c1-4-7(2)5(9)11-6(10)8(4)3/h1H2,2-3H3. The molecular weight excluding hydrogens is 148 g/mol. The lowest BCUT2D eigenvalue weighted by Gasteiger charge is -2.30. The molecule has 5 heteroatoms. The summed E-state index contributed by atoms with van der Waals surface area (Å²) in [6, 6.07) is 0. The van der Waals surface area contributed by atoms with E-state index >= 15 is 0 Å². The molecule has 0 bridgehead atoms. The first-order valence-electron chi connectivity index (χ1n) is 2.96. The van der Waals surface area contributed by atoms with Crippen LogP contribution < -0.4 is 0 Å². The van der Waals surface area contributed by atoms with E-state index in [1.54, 1.807) is 0 Å². The molecule has 0 atom stereocenters. The van der Waals surface area contributed by atoms with Gasteiger partial charge in [0.15, 0.2) is 0 Å². The minimum atomic E-state index is -0.696. The zero-order chi connectivity index (χ0) is 8.59. The molecule has 11 heavy (non-hydrogen) atoms. The normalized spacial score (nSPS) is 18.9. The van der Waals surface area contributed by atoms with E-state index in [0.29, 0.717) is 5.82 Å². The van der Waals surface area contributed by atoms with Crippen LogP contribution in [0.25, 0.3) is 0 Å². The molecule has 1 rings (SSSR count). The van der Waals surface area contributed by atoms with Gasteiger partial charge in [0.2, 0.25) is 0 Å². The van der Waals surface area contributed by atoms with Crippen LogP contribution in [-0.2, 0) is 4.74 Å². The highest BCUT2D eigenvalue weighted by Crippen LogP contribution is 2.13. The van der Waals surface area contributed by atoms with Crippen LogP contribution in [0, 0.1) is 0 Å². The van der Waals surface area contributed by atoms with Gasteiger partial charge in [-0.3, -0.25) is 9.80 Å². The fraction of sp³-hybridized carbons (Fsp3) is 0.333. The quantitative estimate of drug-likeness (QED) is 0.482. The van der Waals surface area contributed by atoms with E-state index < -0.39 is 12.2 Å². The van der Waals surface area contributed by atoms with Crippen molar-refractivity contribution in [1.29, 1.82) is 0 Å². The Morgan fingerprint density at radius 3 is 1.91 bits per heavy atom. The second kappa shape index (κ2) is 2.26. The van der Waals surface area contributed by atoms with Crippen molar-refractivity contribution in [2.75, 3.05) is 14.1 Å². The summed E-state index contributed by atoms with van der Waals surface area (Å²) in [6.07, 6.45) is -1.39. The molecule has 1 fully saturated rings. The predicted octanol–water partition coefficient (Wildman–Crippen LogP) is 0.591. The van der Waals surface area contributed by atoms with E-state index in [1.807, 2.05) is 0 Å². The Morgan fingerprint density at radius 2 is 1.55 bits per heavy atom. The molecule has 0 unspecified atom stereocenters. The van der Waals surface area contributed by atoms with Gasteiger partial charge in [-0.1, -0.05) is 6.58 Å². The van der Waals surface area contributed by atoms with Gasteiger partial charge in [-0.25, -0.2) is 9.59 Å². The van der Waals surface area contributed by atoms with Crippen molar-refractivity contribution in [3.05, 3.63) is 12.4 Å². The molecular formula is C6H8N2O3. The summed E-state index contributed by atoms with van der Waals surface area (Å²) in [5, 5.41) is 0. The number of nitrogens with zero attached hydrogens (tertiary/aromatic N) is 2. The van der Waals surface area contributed by atoms with Gasteiger partial charge < -0.3 is 4.74 Å². The van der Waals surface area contributed by atoms with Crippen molar-refractivity contribution in [2.45, 2.75) is 0 Å². The zero-order valence-electron chi connectivity index (χ0n) is 6.33. The molecule has 1 aliphatic heterocycles. The lowest BCUT2D eigenvalue weighted by Crippen LogP contribution is -2.45. The Labute approximate surface area is 63.8 Å². The minimum Gasteiger partial charge on any atom is -0.359 e. The SMILES string of the molecule is C=C1N(C)C(=O)OC(=O)N1C. The van der Waals surface area contributed by atoms with E-state index in [0.717, 1.165) is 9.80 Å². The Morgan fingerprint density at radius 1 is 1.18 bits per heavy atom. The molecule has 0 spiro atoms. The van der Waals surface area contributed by atoms with Crippen molar-refractivity contribution >= 4 is 12.2 Å². The van der Waals surface area contributed by atoms with E-state index in [4.69, 9.17) is 0 Å². The van der Waals surface area contributed by atoms with Crippen LogP contribution in [0.2, 0.25) is 0 Å². The molecule has 0 aromatic rings. The number of hydrogen-bond acceptors (Lipinski definition) is 3. The summed E-state index contributed by atoms with van der Waals surface area (Å²) in [7, 11) is 2.96. The second-order valence-electron chi connectivity index (χ2n) is 2.17. The number of hydrogen-bond donors (Lipinski definition) is 0. The molecule has 0 aromatic heterocycles. The van der Waals surface area contributed by atoms with Gasteiger partial charge in [-0.05, 0) is 0 Å². The van der Waals surface area contributed by atoms with Gasteiger partial charge in [0.05, 0.1) is 0 Å². The molecule has 0 N–H and O–H groups in total. The number of amides is 2. The summed E-state index contributed by atoms with van der Waals surface area (Å²) in [5.74, 6) is 0.311. The first-order chi connectivity index (χ1) is 5.04. The molecule has 60 valence electrons.